The third kappa shape index (κ3) is 4.41. The second-order valence-electron chi connectivity index (χ2n) is 6.75. The van der Waals surface area contributed by atoms with Crippen LogP contribution in [0.2, 0.25) is 0 Å². The van der Waals surface area contributed by atoms with Crippen LogP contribution in [0.15, 0.2) is 78.2 Å². The van der Waals surface area contributed by atoms with Gasteiger partial charge in [0.1, 0.15) is 0 Å². The Bertz CT molecular complexity index is 1120. The van der Waals surface area contributed by atoms with Crippen LogP contribution in [0.4, 0.5) is 5.69 Å². The Hall–Kier alpha value is -3.32. The van der Waals surface area contributed by atoms with Crippen LogP contribution in [-0.2, 0) is 4.79 Å². The van der Waals surface area contributed by atoms with Gasteiger partial charge in [-0.2, -0.15) is 0 Å². The van der Waals surface area contributed by atoms with Crippen molar-refractivity contribution < 1.29 is 4.79 Å². The number of amides is 1. The van der Waals surface area contributed by atoms with Crippen LogP contribution in [0.3, 0.4) is 0 Å². The van der Waals surface area contributed by atoms with Gasteiger partial charge in [-0.05, 0) is 44.2 Å². The number of nitrogens with one attached hydrogen (secondary N) is 1. The number of benzene rings is 2. The average Bonchev–Trinajstić information content (AvgIpc) is 3.37. The number of thioether (sulfide) groups is 1. The monoisotopic (exact) mass is 403 g/mol. The Kier molecular flexibility index (Phi) is 5.48. The molecule has 1 N–H and O–H groups in total. The van der Waals surface area contributed by atoms with E-state index in [1.165, 1.54) is 11.8 Å². The molecule has 4 aromatic rings. The Morgan fingerprint density at radius 2 is 1.72 bits per heavy atom. The van der Waals surface area contributed by atoms with Crippen molar-refractivity contribution in [1.29, 1.82) is 0 Å². The number of hydrogen-bond donors (Lipinski definition) is 1. The van der Waals surface area contributed by atoms with Crippen molar-refractivity contribution in [2.75, 3.05) is 11.1 Å². The van der Waals surface area contributed by atoms with E-state index in [9.17, 15) is 4.79 Å². The van der Waals surface area contributed by atoms with Gasteiger partial charge < -0.3 is 5.32 Å². The predicted octanol–water partition coefficient (Wildman–Crippen LogP) is 4.41. The molecule has 0 aliphatic carbocycles. The summed E-state index contributed by atoms with van der Waals surface area (Å²) in [6.45, 7) is 4.06. The van der Waals surface area contributed by atoms with Crippen molar-refractivity contribution >= 4 is 23.4 Å². The minimum atomic E-state index is -0.0852. The third-order valence-electron chi connectivity index (χ3n) is 4.38. The number of aromatic nitrogens is 4. The summed E-state index contributed by atoms with van der Waals surface area (Å²) in [6, 6.07) is 19.8. The minimum absolute atomic E-state index is 0.0852. The van der Waals surface area contributed by atoms with E-state index in [1.807, 2.05) is 90.2 Å². The maximum Gasteiger partial charge on any atom is 0.234 e. The summed E-state index contributed by atoms with van der Waals surface area (Å²) in [5.74, 6) is 0.880. The van der Waals surface area contributed by atoms with Crippen LogP contribution in [0, 0.1) is 13.8 Å². The van der Waals surface area contributed by atoms with Crippen molar-refractivity contribution in [2.45, 2.75) is 19.0 Å². The normalized spacial score (nSPS) is 10.8. The molecular formula is C22H21N5OS. The largest absolute Gasteiger partial charge is 0.325 e. The van der Waals surface area contributed by atoms with E-state index in [0.29, 0.717) is 5.16 Å². The van der Waals surface area contributed by atoms with Crippen molar-refractivity contribution in [2.24, 2.45) is 0 Å². The lowest BCUT2D eigenvalue weighted by Crippen LogP contribution is -2.15. The van der Waals surface area contributed by atoms with E-state index in [1.54, 1.807) is 0 Å². The fraction of sp³-hybridized carbons (Fsp3) is 0.136. The van der Waals surface area contributed by atoms with E-state index in [0.717, 1.165) is 28.2 Å². The molecule has 0 fully saturated rings. The van der Waals surface area contributed by atoms with Crippen LogP contribution in [0.1, 0.15) is 11.1 Å². The lowest BCUT2D eigenvalue weighted by atomic mass is 10.1. The van der Waals surface area contributed by atoms with Gasteiger partial charge in [-0.25, -0.2) is 4.68 Å². The van der Waals surface area contributed by atoms with Crippen LogP contribution in [-0.4, -0.2) is 31.2 Å². The number of anilines is 1. The van der Waals surface area contributed by atoms with E-state index in [-0.39, 0.29) is 11.7 Å². The highest BCUT2D eigenvalue weighted by Crippen LogP contribution is 2.25. The molecule has 6 nitrogen and oxygen atoms in total. The van der Waals surface area contributed by atoms with Crippen LogP contribution >= 0.6 is 11.8 Å². The van der Waals surface area contributed by atoms with Gasteiger partial charge in [0.2, 0.25) is 11.1 Å². The Labute approximate surface area is 173 Å². The molecular weight excluding hydrogens is 382 g/mol. The standard InChI is InChI=1S/C22H21N5OS/c1-16-8-10-19(11-9-16)23-20(28)15-29-22-25-24-21(18-7-5-6-17(2)14-18)27(22)26-12-3-4-13-26/h3-14H,15H2,1-2H3,(H,23,28). The van der Waals surface area contributed by atoms with E-state index in [2.05, 4.69) is 21.6 Å². The summed E-state index contributed by atoms with van der Waals surface area (Å²) in [6.07, 6.45) is 3.86. The molecule has 0 saturated carbocycles. The SMILES string of the molecule is Cc1ccc(NC(=O)CSc2nnc(-c3cccc(C)c3)n2-n2cccc2)cc1. The second kappa shape index (κ2) is 8.36. The molecule has 4 rings (SSSR count). The van der Waals surface area contributed by atoms with Crippen molar-refractivity contribution in [3.63, 3.8) is 0 Å². The molecule has 1 amide bonds. The number of nitrogens with zero attached hydrogens (tertiary/aromatic N) is 4. The van der Waals surface area contributed by atoms with Gasteiger partial charge >= 0.3 is 0 Å². The highest BCUT2D eigenvalue weighted by molar-refractivity contribution is 7.99. The van der Waals surface area contributed by atoms with E-state index >= 15 is 0 Å². The second-order valence-corrected chi connectivity index (χ2v) is 7.70. The molecule has 0 spiro atoms. The Morgan fingerprint density at radius 1 is 0.966 bits per heavy atom. The zero-order valence-electron chi connectivity index (χ0n) is 16.2. The van der Waals surface area contributed by atoms with Gasteiger partial charge in [0.05, 0.1) is 5.75 Å². The summed E-state index contributed by atoms with van der Waals surface area (Å²) >= 11 is 1.35. The van der Waals surface area contributed by atoms with Crippen LogP contribution < -0.4 is 5.32 Å². The summed E-state index contributed by atoms with van der Waals surface area (Å²) in [7, 11) is 0. The summed E-state index contributed by atoms with van der Waals surface area (Å²) < 4.78 is 3.83. The molecule has 146 valence electrons. The maximum atomic E-state index is 12.4. The smallest absolute Gasteiger partial charge is 0.234 e. The highest BCUT2D eigenvalue weighted by Gasteiger charge is 2.17. The number of carbonyl (C=O) groups is 1. The van der Waals surface area contributed by atoms with Crippen molar-refractivity contribution in [3.8, 4) is 11.4 Å². The molecule has 29 heavy (non-hydrogen) atoms. The number of aryl methyl sites for hydroxylation is 2. The topological polar surface area (TPSA) is 64.7 Å². The molecule has 0 atom stereocenters. The maximum absolute atomic E-state index is 12.4. The first kappa shape index (κ1) is 19.0. The number of carbonyl (C=O) groups excluding carboxylic acids is 1. The summed E-state index contributed by atoms with van der Waals surface area (Å²) in [5, 5.41) is 12.3. The molecule has 0 radical (unpaired) electrons. The first-order chi connectivity index (χ1) is 14.1. The van der Waals surface area contributed by atoms with E-state index < -0.39 is 0 Å². The van der Waals surface area contributed by atoms with Gasteiger partial charge in [-0.3, -0.25) is 9.47 Å². The quantitative estimate of drug-likeness (QED) is 0.485. The first-order valence-electron chi connectivity index (χ1n) is 9.25. The van der Waals surface area contributed by atoms with E-state index in [4.69, 9.17) is 0 Å². The third-order valence-corrected chi connectivity index (χ3v) is 5.30. The average molecular weight is 404 g/mol. The lowest BCUT2D eigenvalue weighted by molar-refractivity contribution is -0.113. The van der Waals surface area contributed by atoms with Crippen molar-refractivity contribution in [3.05, 3.63) is 84.2 Å². The molecule has 2 aromatic carbocycles. The van der Waals surface area contributed by atoms with Crippen LogP contribution in [0.5, 0.6) is 0 Å². The molecule has 0 bridgehead atoms. The van der Waals surface area contributed by atoms with Crippen molar-refractivity contribution in [1.82, 2.24) is 19.5 Å². The fourth-order valence-electron chi connectivity index (χ4n) is 2.95. The molecule has 0 saturated heterocycles. The molecule has 0 aliphatic heterocycles. The Balaban J connectivity index is 1.56. The zero-order valence-corrected chi connectivity index (χ0v) is 17.1. The number of rotatable bonds is 6. The molecule has 2 aromatic heterocycles. The zero-order chi connectivity index (χ0) is 20.2. The summed E-state index contributed by atoms with van der Waals surface area (Å²) in [4.78, 5) is 12.4. The fourth-order valence-corrected chi connectivity index (χ4v) is 3.68. The molecule has 7 heteroatoms. The molecule has 2 heterocycles. The molecule has 0 unspecified atom stereocenters. The van der Waals surface area contributed by atoms with Gasteiger partial charge in [0.25, 0.3) is 0 Å². The van der Waals surface area contributed by atoms with Gasteiger partial charge in [-0.1, -0.05) is 53.2 Å². The minimum Gasteiger partial charge on any atom is -0.325 e. The predicted molar refractivity (Wildman–Crippen MR) is 116 cm³/mol. The van der Waals surface area contributed by atoms with Gasteiger partial charge in [0.15, 0.2) is 5.82 Å². The first-order valence-corrected chi connectivity index (χ1v) is 10.2. The van der Waals surface area contributed by atoms with Gasteiger partial charge in [-0.15, -0.1) is 10.2 Å². The Morgan fingerprint density at radius 3 is 2.45 bits per heavy atom. The molecule has 0 aliphatic rings. The van der Waals surface area contributed by atoms with Gasteiger partial charge in [0, 0.05) is 23.6 Å². The highest BCUT2D eigenvalue weighted by atomic mass is 32.2. The number of hydrogen-bond acceptors (Lipinski definition) is 4. The summed E-state index contributed by atoms with van der Waals surface area (Å²) in [5.41, 5.74) is 4.06. The lowest BCUT2D eigenvalue weighted by Gasteiger charge is -2.11. The van der Waals surface area contributed by atoms with Crippen LogP contribution in [0.25, 0.3) is 11.4 Å².